The maximum atomic E-state index is 10.4. The summed E-state index contributed by atoms with van der Waals surface area (Å²) in [6.07, 6.45) is 0.832. The van der Waals surface area contributed by atoms with Crippen LogP contribution in [-0.4, -0.2) is 16.4 Å². The number of nitrogens with one attached hydrogen (secondary N) is 1. The van der Waals surface area contributed by atoms with Gasteiger partial charge < -0.3 is 14.7 Å². The van der Waals surface area contributed by atoms with Crippen molar-refractivity contribution < 1.29 is 14.0 Å². The number of fused-ring (bicyclic) bond motifs is 1. The summed E-state index contributed by atoms with van der Waals surface area (Å²) in [5.41, 5.74) is 2.07. The summed E-state index contributed by atoms with van der Waals surface area (Å²) in [4.78, 5) is 12.7. The minimum absolute atomic E-state index is 0.233. The molecule has 76 valence electrons. The van der Waals surface area contributed by atoms with Crippen LogP contribution < -0.4 is 9.84 Å². The lowest BCUT2D eigenvalue weighted by molar-refractivity contribution is 0.403. The molecule has 1 aromatic rings. The van der Waals surface area contributed by atoms with Gasteiger partial charge in [-0.3, -0.25) is 0 Å². The molecule has 1 unspecified atom stereocenters. The highest BCUT2D eigenvalue weighted by molar-refractivity contribution is 7.32. The van der Waals surface area contributed by atoms with Gasteiger partial charge in [-0.25, -0.2) is 9.55 Å². The van der Waals surface area contributed by atoms with Crippen molar-refractivity contribution in [1.29, 1.82) is 0 Å². The molecule has 0 aliphatic carbocycles. The molecule has 1 aromatic heterocycles. The predicted octanol–water partition coefficient (Wildman–Crippen LogP) is 0.488. The molecule has 0 saturated heterocycles. The van der Waals surface area contributed by atoms with Gasteiger partial charge in [0.1, 0.15) is 0 Å². The molecule has 0 spiro atoms. The van der Waals surface area contributed by atoms with Crippen LogP contribution >= 0.6 is 8.25 Å². The molecule has 0 amide bonds. The van der Waals surface area contributed by atoms with Crippen molar-refractivity contribution in [3.05, 3.63) is 23.4 Å². The number of pyridine rings is 1. The second kappa shape index (κ2) is 4.09. The minimum Gasteiger partial charge on any atom is -0.408 e. The van der Waals surface area contributed by atoms with Crippen molar-refractivity contribution in [2.24, 2.45) is 0 Å². The van der Waals surface area contributed by atoms with E-state index in [1.165, 1.54) is 0 Å². The maximum Gasteiger partial charge on any atom is 0.366 e. The van der Waals surface area contributed by atoms with Gasteiger partial charge in [-0.15, -0.1) is 0 Å². The molecule has 2 rings (SSSR count). The van der Waals surface area contributed by atoms with Crippen LogP contribution in [0.1, 0.15) is 11.3 Å². The monoisotopic (exact) mass is 214 g/mol. The van der Waals surface area contributed by atoms with Gasteiger partial charge in [0, 0.05) is 25.6 Å². The number of rotatable bonds is 2. The van der Waals surface area contributed by atoms with E-state index < -0.39 is 8.25 Å². The molecule has 0 saturated carbocycles. The van der Waals surface area contributed by atoms with Crippen LogP contribution in [0.25, 0.3) is 0 Å². The van der Waals surface area contributed by atoms with Crippen molar-refractivity contribution >= 4 is 8.25 Å². The lowest BCUT2D eigenvalue weighted by Crippen LogP contribution is -2.24. The Morgan fingerprint density at radius 3 is 3.21 bits per heavy atom. The number of aromatic nitrogens is 1. The van der Waals surface area contributed by atoms with Gasteiger partial charge in [0.2, 0.25) is 5.88 Å². The van der Waals surface area contributed by atoms with Gasteiger partial charge >= 0.3 is 8.25 Å². The molecule has 14 heavy (non-hydrogen) atoms. The van der Waals surface area contributed by atoms with Crippen LogP contribution in [0.2, 0.25) is 0 Å². The molecule has 6 heteroatoms. The molecule has 2 N–H and O–H groups in total. The Morgan fingerprint density at radius 2 is 2.43 bits per heavy atom. The number of nitrogens with zero attached hydrogens (tertiary/aromatic N) is 1. The number of hydrogen-bond donors (Lipinski definition) is 2. The zero-order chi connectivity index (χ0) is 9.97. The van der Waals surface area contributed by atoms with E-state index in [2.05, 4.69) is 14.8 Å². The fourth-order valence-corrected chi connectivity index (χ4v) is 1.76. The van der Waals surface area contributed by atoms with Gasteiger partial charge in [-0.1, -0.05) is 6.07 Å². The van der Waals surface area contributed by atoms with Gasteiger partial charge in [-0.05, 0) is 5.56 Å². The molecule has 1 aliphatic rings. The van der Waals surface area contributed by atoms with Crippen LogP contribution in [0.3, 0.4) is 0 Å². The van der Waals surface area contributed by atoms with Crippen LogP contribution in [0.4, 0.5) is 0 Å². The Bertz CT molecular complexity index is 370. The van der Waals surface area contributed by atoms with Gasteiger partial charge in [-0.2, -0.15) is 0 Å². The Morgan fingerprint density at radius 1 is 1.57 bits per heavy atom. The first kappa shape index (κ1) is 9.65. The fraction of sp³-hybridized carbons (Fsp3) is 0.375. The largest absolute Gasteiger partial charge is 0.408 e. The Kier molecular flexibility index (Phi) is 2.82. The molecule has 1 aliphatic heterocycles. The normalized spacial score (nSPS) is 17.2. The second-order valence-corrected chi connectivity index (χ2v) is 3.79. The summed E-state index contributed by atoms with van der Waals surface area (Å²) < 4.78 is 15.1. The van der Waals surface area contributed by atoms with Crippen LogP contribution in [0.5, 0.6) is 5.88 Å². The third-order valence-electron chi connectivity index (χ3n) is 2.09. The summed E-state index contributed by atoms with van der Waals surface area (Å²) in [6.45, 7) is 1.69. The summed E-state index contributed by atoms with van der Waals surface area (Å²) >= 11 is 0. The molecule has 0 fully saturated rings. The summed E-state index contributed by atoms with van der Waals surface area (Å²) in [5, 5.41) is 3.22. The van der Waals surface area contributed by atoms with Crippen LogP contribution in [-0.2, 0) is 17.5 Å². The summed E-state index contributed by atoms with van der Waals surface area (Å²) in [7, 11) is -2.94. The lowest BCUT2D eigenvalue weighted by Gasteiger charge is -2.16. The molecular formula is C8H11N2O3P. The third-order valence-corrected chi connectivity index (χ3v) is 2.47. The van der Waals surface area contributed by atoms with Gasteiger partial charge in [0.15, 0.2) is 0 Å². The standard InChI is InChI=1S/C8H11N2O3P/c11-14(12)13-8-2-1-6-5-9-4-3-7(6)10-8/h1-2,9,14H,3-5H2,(H,11,12). The van der Waals surface area contributed by atoms with E-state index in [1.54, 1.807) is 6.07 Å². The van der Waals surface area contributed by atoms with E-state index in [0.29, 0.717) is 0 Å². The molecule has 2 heterocycles. The van der Waals surface area contributed by atoms with E-state index in [4.69, 9.17) is 4.89 Å². The zero-order valence-corrected chi connectivity index (χ0v) is 8.49. The highest BCUT2D eigenvalue weighted by Gasteiger charge is 2.11. The Labute approximate surface area is 82.1 Å². The van der Waals surface area contributed by atoms with E-state index in [9.17, 15) is 4.57 Å². The topological polar surface area (TPSA) is 71.5 Å². The summed E-state index contributed by atoms with van der Waals surface area (Å²) in [6, 6.07) is 3.49. The maximum absolute atomic E-state index is 10.4. The summed E-state index contributed by atoms with van der Waals surface area (Å²) in [5.74, 6) is 0.233. The third kappa shape index (κ3) is 2.12. The fourth-order valence-electron chi connectivity index (χ4n) is 1.46. The minimum atomic E-state index is -2.94. The molecule has 0 aromatic carbocycles. The molecular weight excluding hydrogens is 203 g/mol. The van der Waals surface area contributed by atoms with Crippen molar-refractivity contribution in [1.82, 2.24) is 10.3 Å². The molecule has 0 bridgehead atoms. The highest BCUT2D eigenvalue weighted by atomic mass is 31.1. The van der Waals surface area contributed by atoms with Gasteiger partial charge in [0.25, 0.3) is 0 Å². The predicted molar refractivity (Wildman–Crippen MR) is 51.5 cm³/mol. The smallest absolute Gasteiger partial charge is 0.366 e. The molecule has 5 nitrogen and oxygen atoms in total. The highest BCUT2D eigenvalue weighted by Crippen LogP contribution is 2.23. The van der Waals surface area contributed by atoms with E-state index >= 15 is 0 Å². The van der Waals surface area contributed by atoms with E-state index in [1.807, 2.05) is 6.07 Å². The lowest BCUT2D eigenvalue weighted by atomic mass is 10.1. The zero-order valence-electron chi connectivity index (χ0n) is 7.49. The van der Waals surface area contributed by atoms with E-state index in [-0.39, 0.29) is 5.88 Å². The Hall–Kier alpha value is -0.900. The molecule has 1 atom stereocenters. The first-order chi connectivity index (χ1) is 6.75. The van der Waals surface area contributed by atoms with Crippen molar-refractivity contribution in [3.63, 3.8) is 0 Å². The average Bonchev–Trinajstić information content (AvgIpc) is 2.17. The van der Waals surface area contributed by atoms with E-state index in [0.717, 1.165) is 30.8 Å². The Balaban J connectivity index is 2.24. The molecule has 0 radical (unpaired) electrons. The van der Waals surface area contributed by atoms with Crippen LogP contribution in [0.15, 0.2) is 12.1 Å². The van der Waals surface area contributed by atoms with Crippen molar-refractivity contribution in [2.75, 3.05) is 6.54 Å². The van der Waals surface area contributed by atoms with Crippen molar-refractivity contribution in [3.8, 4) is 5.88 Å². The average molecular weight is 214 g/mol. The van der Waals surface area contributed by atoms with Crippen LogP contribution in [0, 0.1) is 0 Å². The SMILES string of the molecule is O=[PH](O)Oc1ccc2c(n1)CCNC2. The second-order valence-electron chi connectivity index (χ2n) is 3.05. The van der Waals surface area contributed by atoms with Crippen molar-refractivity contribution in [2.45, 2.75) is 13.0 Å². The quantitative estimate of drug-likeness (QED) is 0.701. The van der Waals surface area contributed by atoms with Gasteiger partial charge in [0.05, 0.1) is 5.69 Å². The first-order valence-electron chi connectivity index (χ1n) is 4.36. The first-order valence-corrected chi connectivity index (χ1v) is 5.62. The number of hydrogen-bond acceptors (Lipinski definition) is 4.